The number of rotatable bonds is 11. The molecule has 1 unspecified atom stereocenters. The molecule has 3 aromatic carbocycles. The molecular weight excluding hydrogens is 765 g/mol. The molecule has 18 heteroatoms. The quantitative estimate of drug-likeness (QED) is 0.137. The van der Waals surface area contributed by atoms with Crippen LogP contribution < -0.4 is 30.9 Å². The van der Waals surface area contributed by atoms with Crippen LogP contribution in [-0.4, -0.2) is 102 Å². The Labute approximate surface area is 335 Å². The van der Waals surface area contributed by atoms with E-state index >= 15 is 0 Å². The number of sulfonamides is 1. The van der Waals surface area contributed by atoms with Gasteiger partial charge in [0.2, 0.25) is 33.7 Å². The first-order valence-electron chi connectivity index (χ1n) is 18.8. The van der Waals surface area contributed by atoms with Crippen molar-refractivity contribution in [2.75, 3.05) is 53.6 Å². The maximum Gasteiger partial charge on any atom is 0.264 e. The Morgan fingerprint density at radius 2 is 1.62 bits per heavy atom. The largest absolute Gasteiger partial charge is 0.375 e. The molecule has 7 rings (SSSR count). The number of imide groups is 2. The molecule has 0 radical (unpaired) electrons. The second kappa shape index (κ2) is 15.9. The van der Waals surface area contributed by atoms with Gasteiger partial charge in [-0.15, -0.1) is 0 Å². The molecule has 0 spiro atoms. The van der Waals surface area contributed by atoms with E-state index in [1.165, 1.54) is 12.1 Å². The topological polar surface area (TPSA) is 215 Å². The van der Waals surface area contributed by atoms with E-state index < -0.39 is 45.2 Å². The summed E-state index contributed by atoms with van der Waals surface area (Å²) in [4.78, 5) is 77.9. The standard InChI is InChI=1S/C40H44N10O7S/c1-24-22-42-39(46-35(24)43-26-7-5-8-28(21-26)58(56,57)47-40(2,3)4)44-25-11-13-27(14-12-25)48-17-19-49(20-18-48)33(52)23-41-30-10-6-9-29-34(30)38(55)50(37(29)54)31-15-16-32(51)45-36(31)53/h5-14,21-22,31,41,47H,15-20,23H2,1-4H3,(H,45,51,53)(H2,42,43,44,46). The lowest BCUT2D eigenvalue weighted by molar-refractivity contribution is -0.136. The molecule has 0 aliphatic carbocycles. The third-order valence-corrected chi connectivity index (χ3v) is 11.6. The van der Waals surface area contributed by atoms with Crippen LogP contribution in [0.2, 0.25) is 0 Å². The minimum atomic E-state index is -3.73. The Bertz CT molecular complexity index is 2410. The Balaban J connectivity index is 0.918. The first kappa shape index (κ1) is 39.8. The molecule has 2 fully saturated rings. The summed E-state index contributed by atoms with van der Waals surface area (Å²) in [6, 6.07) is 17.9. The zero-order chi connectivity index (χ0) is 41.4. The van der Waals surface area contributed by atoms with Gasteiger partial charge in [0.25, 0.3) is 11.8 Å². The van der Waals surface area contributed by atoms with Gasteiger partial charge < -0.3 is 25.8 Å². The number of carbonyl (C=O) groups is 5. The molecule has 0 bridgehead atoms. The molecule has 0 saturated carbocycles. The second-order valence-corrected chi connectivity index (χ2v) is 17.0. The number of anilines is 6. The summed E-state index contributed by atoms with van der Waals surface area (Å²) >= 11 is 0. The van der Waals surface area contributed by atoms with Crippen LogP contribution in [0.4, 0.5) is 34.5 Å². The predicted molar refractivity (Wildman–Crippen MR) is 217 cm³/mol. The van der Waals surface area contributed by atoms with E-state index in [1.807, 2.05) is 31.2 Å². The van der Waals surface area contributed by atoms with Crippen molar-refractivity contribution >= 4 is 74.1 Å². The highest BCUT2D eigenvalue weighted by Gasteiger charge is 2.45. The molecular formula is C40H44N10O7S. The van der Waals surface area contributed by atoms with Gasteiger partial charge in [-0.2, -0.15) is 4.98 Å². The number of piperidine rings is 1. The van der Waals surface area contributed by atoms with Gasteiger partial charge in [-0.05, 0) is 88.7 Å². The zero-order valence-corrected chi connectivity index (χ0v) is 33.3. The fourth-order valence-electron chi connectivity index (χ4n) is 7.01. The van der Waals surface area contributed by atoms with Crippen LogP contribution in [0.15, 0.2) is 77.8 Å². The highest BCUT2D eigenvalue weighted by atomic mass is 32.2. The van der Waals surface area contributed by atoms with Crippen molar-refractivity contribution in [3.05, 3.63) is 89.6 Å². The minimum Gasteiger partial charge on any atom is -0.375 e. The Morgan fingerprint density at radius 1 is 0.897 bits per heavy atom. The van der Waals surface area contributed by atoms with Crippen molar-refractivity contribution in [3.8, 4) is 0 Å². The highest BCUT2D eigenvalue weighted by Crippen LogP contribution is 2.33. The number of nitrogens with one attached hydrogen (secondary N) is 5. The van der Waals surface area contributed by atoms with Crippen molar-refractivity contribution in [1.82, 2.24) is 29.8 Å². The fourth-order valence-corrected chi connectivity index (χ4v) is 8.48. The summed E-state index contributed by atoms with van der Waals surface area (Å²) in [5.41, 5.74) is 2.98. The van der Waals surface area contributed by atoms with Crippen LogP contribution in [-0.2, 0) is 24.4 Å². The van der Waals surface area contributed by atoms with Crippen molar-refractivity contribution in [2.45, 2.75) is 57.0 Å². The lowest BCUT2D eigenvalue weighted by atomic mass is 10.0. The average Bonchev–Trinajstić information content (AvgIpc) is 3.43. The Kier molecular flexibility index (Phi) is 10.9. The number of carbonyl (C=O) groups excluding carboxylic acids is 5. The van der Waals surface area contributed by atoms with Crippen molar-refractivity contribution in [2.24, 2.45) is 0 Å². The third kappa shape index (κ3) is 8.62. The van der Waals surface area contributed by atoms with Gasteiger partial charge in [0.05, 0.1) is 22.6 Å². The third-order valence-electron chi connectivity index (χ3n) is 9.84. The van der Waals surface area contributed by atoms with Gasteiger partial charge >= 0.3 is 0 Å². The summed E-state index contributed by atoms with van der Waals surface area (Å²) < 4.78 is 28.4. The molecule has 3 aliphatic heterocycles. The first-order chi connectivity index (χ1) is 27.6. The summed E-state index contributed by atoms with van der Waals surface area (Å²) in [7, 11) is -3.73. The molecule has 4 aromatic rings. The van der Waals surface area contributed by atoms with Crippen molar-refractivity contribution in [1.29, 1.82) is 0 Å². The Hall–Kier alpha value is -6.40. The number of hydrogen-bond acceptors (Lipinski definition) is 13. The van der Waals surface area contributed by atoms with Crippen molar-refractivity contribution in [3.63, 3.8) is 0 Å². The van der Waals surface area contributed by atoms with Crippen LogP contribution in [0.3, 0.4) is 0 Å². The molecule has 58 heavy (non-hydrogen) atoms. The number of nitrogens with zero attached hydrogens (tertiary/aromatic N) is 5. The van der Waals surface area contributed by atoms with Gasteiger partial charge in [0, 0.05) is 72.6 Å². The molecule has 1 atom stereocenters. The molecule has 5 amide bonds. The zero-order valence-electron chi connectivity index (χ0n) is 32.5. The number of amides is 5. The lowest BCUT2D eigenvalue weighted by Gasteiger charge is -2.36. The number of benzene rings is 3. The summed E-state index contributed by atoms with van der Waals surface area (Å²) in [6.07, 6.45) is 1.75. The van der Waals surface area contributed by atoms with E-state index in [9.17, 15) is 32.4 Å². The summed E-state index contributed by atoms with van der Waals surface area (Å²) in [5, 5.41) is 11.7. The van der Waals surface area contributed by atoms with E-state index in [1.54, 1.807) is 62.2 Å². The molecule has 302 valence electrons. The van der Waals surface area contributed by atoms with Gasteiger partial charge in [-0.3, -0.25) is 34.2 Å². The van der Waals surface area contributed by atoms with Crippen LogP contribution in [0.5, 0.6) is 0 Å². The maximum atomic E-state index is 13.4. The fraction of sp³-hybridized carbons (Fsp3) is 0.325. The van der Waals surface area contributed by atoms with Gasteiger partial charge in [0.1, 0.15) is 11.9 Å². The normalized spacial score (nSPS) is 17.2. The van der Waals surface area contributed by atoms with Crippen LogP contribution >= 0.6 is 0 Å². The van der Waals surface area contributed by atoms with Crippen LogP contribution in [0.1, 0.15) is 59.9 Å². The van der Waals surface area contributed by atoms with E-state index in [0.717, 1.165) is 21.8 Å². The number of hydrogen-bond donors (Lipinski definition) is 5. The molecule has 17 nitrogen and oxygen atoms in total. The SMILES string of the molecule is Cc1cnc(Nc2ccc(N3CCN(C(=O)CNc4cccc5c4C(=O)N(C4CCC(=O)NC4=O)C5=O)CC3)cc2)nc1Nc1cccc(S(=O)(=O)NC(C)(C)C)c1. The predicted octanol–water partition coefficient (Wildman–Crippen LogP) is 3.51. The minimum absolute atomic E-state index is 0.0237. The smallest absolute Gasteiger partial charge is 0.264 e. The average molecular weight is 809 g/mol. The molecule has 4 heterocycles. The van der Waals surface area contributed by atoms with E-state index in [0.29, 0.717) is 49.3 Å². The number of aromatic nitrogens is 2. The first-order valence-corrected chi connectivity index (χ1v) is 20.3. The Morgan fingerprint density at radius 3 is 2.33 bits per heavy atom. The van der Waals surface area contributed by atoms with Gasteiger partial charge in [-0.25, -0.2) is 18.1 Å². The summed E-state index contributed by atoms with van der Waals surface area (Å²) in [5.74, 6) is -1.69. The number of aryl methyl sites for hydroxylation is 1. The molecule has 5 N–H and O–H groups in total. The second-order valence-electron chi connectivity index (χ2n) is 15.3. The van der Waals surface area contributed by atoms with E-state index in [4.69, 9.17) is 0 Å². The number of piperazine rings is 1. The maximum absolute atomic E-state index is 13.4. The molecule has 2 saturated heterocycles. The van der Waals surface area contributed by atoms with Crippen molar-refractivity contribution < 1.29 is 32.4 Å². The van der Waals surface area contributed by atoms with E-state index in [2.05, 4.69) is 40.9 Å². The van der Waals surface area contributed by atoms with E-state index in [-0.39, 0.29) is 41.3 Å². The molecule has 3 aliphatic rings. The monoisotopic (exact) mass is 808 g/mol. The summed E-state index contributed by atoms with van der Waals surface area (Å²) in [6.45, 7) is 9.24. The van der Waals surface area contributed by atoms with Crippen LogP contribution in [0, 0.1) is 6.92 Å². The number of fused-ring (bicyclic) bond motifs is 1. The van der Waals surface area contributed by atoms with Gasteiger partial charge in [0.15, 0.2) is 0 Å². The lowest BCUT2D eigenvalue weighted by Crippen LogP contribution is -2.54. The highest BCUT2D eigenvalue weighted by molar-refractivity contribution is 7.89. The van der Waals surface area contributed by atoms with Crippen LogP contribution in [0.25, 0.3) is 0 Å². The van der Waals surface area contributed by atoms with Gasteiger partial charge in [-0.1, -0.05) is 12.1 Å². The molecule has 1 aromatic heterocycles.